The molecular formula is C24H36N4O3. The van der Waals surface area contributed by atoms with E-state index >= 15 is 0 Å². The Kier molecular flexibility index (Phi) is 8.35. The normalized spacial score (nSPS) is 16.8. The molecule has 0 spiro atoms. The minimum absolute atomic E-state index is 0.0926. The molecule has 2 heterocycles. The molecule has 3 rings (SSSR count). The highest BCUT2D eigenvalue weighted by atomic mass is 16.5. The number of carbonyl (C=O) groups excluding carboxylic acids is 1. The topological polar surface area (TPSA) is 68.6 Å². The van der Waals surface area contributed by atoms with Crippen molar-refractivity contribution < 1.29 is 14.3 Å². The summed E-state index contributed by atoms with van der Waals surface area (Å²) in [5, 5.41) is 7.50. The molecule has 7 heteroatoms. The Morgan fingerprint density at radius 3 is 2.81 bits per heavy atom. The highest BCUT2D eigenvalue weighted by Gasteiger charge is 2.22. The van der Waals surface area contributed by atoms with E-state index < -0.39 is 0 Å². The third-order valence-corrected chi connectivity index (χ3v) is 6.25. The van der Waals surface area contributed by atoms with E-state index in [1.54, 1.807) is 14.2 Å². The van der Waals surface area contributed by atoms with Crippen molar-refractivity contribution in [3.8, 4) is 11.5 Å². The van der Waals surface area contributed by atoms with Gasteiger partial charge in [-0.15, -0.1) is 0 Å². The largest absolute Gasteiger partial charge is 0.497 e. The number of piperidine rings is 1. The zero-order valence-electron chi connectivity index (χ0n) is 19.3. The van der Waals surface area contributed by atoms with Gasteiger partial charge in [-0.2, -0.15) is 5.10 Å². The monoisotopic (exact) mass is 428 g/mol. The molecule has 1 aliphatic rings. The van der Waals surface area contributed by atoms with Crippen molar-refractivity contribution in [2.45, 2.75) is 59.2 Å². The van der Waals surface area contributed by atoms with Crippen molar-refractivity contribution in [1.82, 2.24) is 20.0 Å². The van der Waals surface area contributed by atoms with E-state index in [0.29, 0.717) is 18.9 Å². The van der Waals surface area contributed by atoms with Crippen molar-refractivity contribution >= 4 is 5.91 Å². The Bertz CT molecular complexity index is 865. The quantitative estimate of drug-likeness (QED) is 0.627. The lowest BCUT2D eigenvalue weighted by Crippen LogP contribution is -2.35. The first-order valence-corrected chi connectivity index (χ1v) is 11.2. The van der Waals surface area contributed by atoms with Gasteiger partial charge >= 0.3 is 0 Å². The number of nitrogens with one attached hydrogen (secondary N) is 1. The van der Waals surface area contributed by atoms with Crippen molar-refractivity contribution in [2.75, 3.05) is 27.3 Å². The van der Waals surface area contributed by atoms with Crippen LogP contribution in [0.15, 0.2) is 24.4 Å². The molecule has 1 atom stereocenters. The molecule has 1 unspecified atom stereocenters. The van der Waals surface area contributed by atoms with Crippen molar-refractivity contribution in [3.63, 3.8) is 0 Å². The lowest BCUT2D eigenvalue weighted by atomic mass is 9.93. The smallest absolute Gasteiger partial charge is 0.220 e. The summed E-state index contributed by atoms with van der Waals surface area (Å²) in [6, 6.07) is 5.65. The molecule has 1 aromatic heterocycles. The maximum atomic E-state index is 12.4. The summed E-state index contributed by atoms with van der Waals surface area (Å²) in [6.45, 7) is 8.76. The first-order chi connectivity index (χ1) is 15.0. The van der Waals surface area contributed by atoms with Crippen molar-refractivity contribution in [1.29, 1.82) is 0 Å². The molecular weight excluding hydrogens is 392 g/mol. The molecule has 2 aromatic rings. The summed E-state index contributed by atoms with van der Waals surface area (Å²) >= 11 is 0. The highest BCUT2D eigenvalue weighted by Crippen LogP contribution is 2.25. The molecule has 31 heavy (non-hydrogen) atoms. The number of hydrogen-bond acceptors (Lipinski definition) is 5. The van der Waals surface area contributed by atoms with Gasteiger partial charge in [0.15, 0.2) is 0 Å². The Balaban J connectivity index is 1.44. The Labute approximate surface area is 185 Å². The van der Waals surface area contributed by atoms with E-state index in [1.807, 2.05) is 24.4 Å². The number of rotatable bonds is 10. The second-order valence-corrected chi connectivity index (χ2v) is 8.31. The Morgan fingerprint density at radius 2 is 2.10 bits per heavy atom. The highest BCUT2D eigenvalue weighted by molar-refractivity contribution is 5.75. The van der Waals surface area contributed by atoms with Gasteiger partial charge in [-0.25, -0.2) is 0 Å². The lowest BCUT2D eigenvalue weighted by Gasteiger charge is -2.32. The number of amides is 1. The number of benzene rings is 1. The van der Waals surface area contributed by atoms with Crippen LogP contribution in [0.25, 0.3) is 0 Å². The van der Waals surface area contributed by atoms with Crippen LogP contribution in [0.3, 0.4) is 0 Å². The summed E-state index contributed by atoms with van der Waals surface area (Å²) < 4.78 is 12.7. The summed E-state index contributed by atoms with van der Waals surface area (Å²) in [4.78, 5) is 14.9. The Hall–Kier alpha value is -2.54. The van der Waals surface area contributed by atoms with E-state index in [-0.39, 0.29) is 5.91 Å². The van der Waals surface area contributed by atoms with Crippen molar-refractivity contribution in [2.24, 2.45) is 5.92 Å². The predicted octanol–water partition coefficient (Wildman–Crippen LogP) is 3.54. The third-order valence-electron chi connectivity index (χ3n) is 6.25. The van der Waals surface area contributed by atoms with Gasteiger partial charge in [-0.3, -0.25) is 14.4 Å². The van der Waals surface area contributed by atoms with Crippen LogP contribution in [0.5, 0.6) is 11.5 Å². The number of aryl methyl sites for hydroxylation is 1. The molecule has 1 saturated heterocycles. The Morgan fingerprint density at radius 1 is 1.26 bits per heavy atom. The zero-order valence-corrected chi connectivity index (χ0v) is 19.3. The van der Waals surface area contributed by atoms with Crippen LogP contribution in [0.2, 0.25) is 0 Å². The van der Waals surface area contributed by atoms with Gasteiger partial charge in [0.05, 0.1) is 20.4 Å². The molecule has 7 nitrogen and oxygen atoms in total. The predicted molar refractivity (Wildman–Crippen MR) is 121 cm³/mol. The van der Waals surface area contributed by atoms with Crippen LogP contribution in [-0.4, -0.2) is 47.9 Å². The molecule has 0 bridgehead atoms. The van der Waals surface area contributed by atoms with E-state index in [2.05, 4.69) is 33.8 Å². The molecule has 170 valence electrons. The summed E-state index contributed by atoms with van der Waals surface area (Å²) in [5.74, 6) is 2.13. The first-order valence-electron chi connectivity index (χ1n) is 11.2. The van der Waals surface area contributed by atoms with Crippen LogP contribution in [0.4, 0.5) is 0 Å². The molecule has 1 aliphatic heterocycles. The maximum absolute atomic E-state index is 12.4. The van der Waals surface area contributed by atoms with Gasteiger partial charge in [0.1, 0.15) is 11.5 Å². The van der Waals surface area contributed by atoms with E-state index in [9.17, 15) is 4.79 Å². The SMILES string of the molecule is CCn1ncc(CN2CCCC(CCC(=O)NCc3ccc(OC)cc3OC)C2)c1C. The number of hydrogen-bond donors (Lipinski definition) is 1. The second kappa shape index (κ2) is 11.2. The molecule has 1 N–H and O–H groups in total. The van der Waals surface area contributed by atoms with Crippen LogP contribution in [0, 0.1) is 12.8 Å². The number of nitrogens with zero attached hydrogens (tertiary/aromatic N) is 3. The van der Waals surface area contributed by atoms with Gasteiger partial charge in [0.2, 0.25) is 5.91 Å². The molecule has 1 fully saturated rings. The van der Waals surface area contributed by atoms with Crippen LogP contribution in [0.1, 0.15) is 49.4 Å². The summed E-state index contributed by atoms with van der Waals surface area (Å²) in [5.41, 5.74) is 3.52. The fourth-order valence-corrected chi connectivity index (χ4v) is 4.35. The van der Waals surface area contributed by atoms with Gasteiger partial charge in [-0.1, -0.05) is 0 Å². The van der Waals surface area contributed by atoms with Gasteiger partial charge in [0, 0.05) is 55.5 Å². The number of carbonyl (C=O) groups is 1. The minimum Gasteiger partial charge on any atom is -0.497 e. The van der Waals surface area contributed by atoms with Gasteiger partial charge in [-0.05, 0) is 57.7 Å². The summed E-state index contributed by atoms with van der Waals surface area (Å²) in [7, 11) is 3.26. The van der Waals surface area contributed by atoms with Crippen LogP contribution >= 0.6 is 0 Å². The average Bonchev–Trinajstić information content (AvgIpc) is 3.15. The van der Waals surface area contributed by atoms with Crippen molar-refractivity contribution in [3.05, 3.63) is 41.2 Å². The number of likely N-dealkylation sites (tertiary alicyclic amines) is 1. The molecule has 0 aliphatic carbocycles. The average molecular weight is 429 g/mol. The number of methoxy groups -OCH3 is 2. The van der Waals surface area contributed by atoms with E-state index in [0.717, 1.165) is 49.7 Å². The zero-order chi connectivity index (χ0) is 22.2. The molecule has 0 saturated carbocycles. The minimum atomic E-state index is 0.0926. The maximum Gasteiger partial charge on any atom is 0.220 e. The molecule has 0 radical (unpaired) electrons. The fourth-order valence-electron chi connectivity index (χ4n) is 4.35. The first kappa shape index (κ1) is 23.1. The molecule has 1 amide bonds. The third kappa shape index (κ3) is 6.23. The number of ether oxygens (including phenoxy) is 2. The summed E-state index contributed by atoms with van der Waals surface area (Å²) in [6.07, 6.45) is 5.88. The molecule has 1 aromatic carbocycles. The van der Waals surface area contributed by atoms with Gasteiger partial charge in [0.25, 0.3) is 0 Å². The van der Waals surface area contributed by atoms with E-state index in [1.165, 1.54) is 24.1 Å². The number of aromatic nitrogens is 2. The van der Waals surface area contributed by atoms with E-state index in [4.69, 9.17) is 9.47 Å². The van der Waals surface area contributed by atoms with Gasteiger partial charge < -0.3 is 14.8 Å². The van der Waals surface area contributed by atoms with Crippen LogP contribution < -0.4 is 14.8 Å². The fraction of sp³-hybridized carbons (Fsp3) is 0.583. The second-order valence-electron chi connectivity index (χ2n) is 8.31. The lowest BCUT2D eigenvalue weighted by molar-refractivity contribution is -0.121. The standard InChI is InChI=1S/C24H36N4O3/c1-5-28-18(2)21(15-26-28)17-27-12-6-7-19(16-27)8-11-24(29)25-14-20-9-10-22(30-3)13-23(20)31-4/h9-10,13,15,19H,5-8,11-12,14,16-17H2,1-4H3,(H,25,29). The van der Waals surface area contributed by atoms with Crippen LogP contribution in [-0.2, 0) is 24.4 Å².